The van der Waals surface area contributed by atoms with Crippen LogP contribution in [0.2, 0.25) is 0 Å². The number of carbonyl (C=O) groups is 1. The van der Waals surface area contributed by atoms with Crippen molar-refractivity contribution in [2.45, 2.75) is 36.7 Å². The number of sulfonamides is 1. The summed E-state index contributed by atoms with van der Waals surface area (Å²) in [5.41, 5.74) is 6.34. The first kappa shape index (κ1) is 16.9. The lowest BCUT2D eigenvalue weighted by Crippen LogP contribution is -2.47. The van der Waals surface area contributed by atoms with Crippen LogP contribution in [-0.2, 0) is 21.4 Å². The van der Waals surface area contributed by atoms with E-state index in [-0.39, 0.29) is 16.8 Å². The Morgan fingerprint density at radius 1 is 1.36 bits per heavy atom. The largest absolute Gasteiger partial charge is 0.368 e. The Hall–Kier alpha value is -1.44. The quantitative estimate of drug-likeness (QED) is 0.867. The van der Waals surface area contributed by atoms with Crippen LogP contribution in [0.3, 0.4) is 0 Å². The van der Waals surface area contributed by atoms with Gasteiger partial charge in [0, 0.05) is 20.6 Å². The highest BCUT2D eigenvalue weighted by Gasteiger charge is 2.27. The van der Waals surface area contributed by atoms with Crippen LogP contribution in [-0.4, -0.2) is 50.2 Å². The highest BCUT2D eigenvalue weighted by Crippen LogP contribution is 2.21. The van der Waals surface area contributed by atoms with E-state index in [9.17, 15) is 13.2 Å². The van der Waals surface area contributed by atoms with Crippen molar-refractivity contribution in [3.8, 4) is 0 Å². The molecule has 1 aromatic carbocycles. The number of nitrogens with zero attached hydrogens (tertiary/aromatic N) is 2. The van der Waals surface area contributed by atoms with Crippen molar-refractivity contribution in [3.63, 3.8) is 0 Å². The highest BCUT2D eigenvalue weighted by molar-refractivity contribution is 7.89. The van der Waals surface area contributed by atoms with Crippen molar-refractivity contribution in [1.29, 1.82) is 0 Å². The predicted octanol–water partition coefficient (Wildman–Crippen LogP) is 0.777. The standard InChI is InChI=1S/C15H23N3O3S/c1-17(2)22(20,21)13-7-5-6-12(10-13)11-18-9-4-3-8-14(18)15(16)19/h5-7,10,14H,3-4,8-9,11H2,1-2H3,(H2,16,19). The van der Waals surface area contributed by atoms with Crippen molar-refractivity contribution >= 4 is 15.9 Å². The summed E-state index contributed by atoms with van der Waals surface area (Å²) in [6.45, 7) is 1.34. The van der Waals surface area contributed by atoms with Gasteiger partial charge >= 0.3 is 0 Å². The third-order valence-electron chi connectivity index (χ3n) is 4.00. The number of hydrogen-bond donors (Lipinski definition) is 1. The Bertz CT molecular complexity index is 643. The molecule has 0 aromatic heterocycles. The summed E-state index contributed by atoms with van der Waals surface area (Å²) in [4.78, 5) is 13.8. The molecule has 0 saturated carbocycles. The molecule has 1 heterocycles. The van der Waals surface area contributed by atoms with Crippen LogP contribution in [0.1, 0.15) is 24.8 Å². The molecule has 1 aromatic rings. The van der Waals surface area contributed by atoms with Gasteiger partial charge in [-0.3, -0.25) is 9.69 Å². The van der Waals surface area contributed by atoms with E-state index in [1.807, 2.05) is 11.0 Å². The molecule has 22 heavy (non-hydrogen) atoms. The maximum atomic E-state index is 12.2. The number of amides is 1. The molecular formula is C15H23N3O3S. The molecule has 1 aliphatic rings. The minimum absolute atomic E-state index is 0.261. The van der Waals surface area contributed by atoms with Crippen LogP contribution in [0.5, 0.6) is 0 Å². The molecule has 0 spiro atoms. The zero-order valence-corrected chi connectivity index (χ0v) is 13.8. The van der Waals surface area contributed by atoms with E-state index >= 15 is 0 Å². The van der Waals surface area contributed by atoms with Crippen molar-refractivity contribution in [2.75, 3.05) is 20.6 Å². The summed E-state index contributed by atoms with van der Waals surface area (Å²) in [7, 11) is -0.428. The number of nitrogens with two attached hydrogens (primary N) is 1. The number of carbonyl (C=O) groups excluding carboxylic acids is 1. The van der Waals surface area contributed by atoms with E-state index in [0.29, 0.717) is 6.54 Å². The SMILES string of the molecule is CN(C)S(=O)(=O)c1cccc(CN2CCCCC2C(N)=O)c1. The molecule has 1 aliphatic heterocycles. The number of hydrogen-bond acceptors (Lipinski definition) is 4. The van der Waals surface area contributed by atoms with Crippen molar-refractivity contribution in [3.05, 3.63) is 29.8 Å². The van der Waals surface area contributed by atoms with Crippen LogP contribution in [0, 0.1) is 0 Å². The molecule has 0 aliphatic carbocycles. The number of likely N-dealkylation sites (tertiary alicyclic amines) is 1. The van der Waals surface area contributed by atoms with Crippen LogP contribution in [0.25, 0.3) is 0 Å². The van der Waals surface area contributed by atoms with Gasteiger partial charge in [-0.25, -0.2) is 12.7 Å². The maximum Gasteiger partial charge on any atom is 0.242 e. The summed E-state index contributed by atoms with van der Waals surface area (Å²) in [6.07, 6.45) is 2.80. The molecular weight excluding hydrogens is 302 g/mol. The first-order valence-electron chi connectivity index (χ1n) is 7.37. The summed E-state index contributed by atoms with van der Waals surface area (Å²) >= 11 is 0. The summed E-state index contributed by atoms with van der Waals surface area (Å²) < 4.78 is 25.6. The van der Waals surface area contributed by atoms with Gasteiger partial charge in [0.25, 0.3) is 0 Å². The topological polar surface area (TPSA) is 83.7 Å². The molecule has 0 radical (unpaired) electrons. The molecule has 122 valence electrons. The van der Waals surface area contributed by atoms with Crippen LogP contribution in [0.4, 0.5) is 0 Å². The molecule has 2 N–H and O–H groups in total. The predicted molar refractivity (Wildman–Crippen MR) is 84.6 cm³/mol. The van der Waals surface area contributed by atoms with Gasteiger partial charge in [-0.05, 0) is 37.1 Å². The summed E-state index contributed by atoms with van der Waals surface area (Å²) in [5.74, 6) is -0.309. The van der Waals surface area contributed by atoms with Gasteiger partial charge in [-0.15, -0.1) is 0 Å². The minimum Gasteiger partial charge on any atom is -0.368 e. The fraction of sp³-hybridized carbons (Fsp3) is 0.533. The van der Waals surface area contributed by atoms with Crippen molar-refractivity contribution in [2.24, 2.45) is 5.73 Å². The van der Waals surface area contributed by atoms with Gasteiger partial charge in [0.05, 0.1) is 10.9 Å². The van der Waals surface area contributed by atoms with Gasteiger partial charge in [0.1, 0.15) is 0 Å². The van der Waals surface area contributed by atoms with Gasteiger partial charge < -0.3 is 5.73 Å². The van der Waals surface area contributed by atoms with Crippen LogP contribution < -0.4 is 5.73 Å². The summed E-state index contributed by atoms with van der Waals surface area (Å²) in [5, 5.41) is 0. The maximum absolute atomic E-state index is 12.2. The second-order valence-corrected chi connectivity index (χ2v) is 7.97. The lowest BCUT2D eigenvalue weighted by molar-refractivity contribution is -0.124. The number of benzene rings is 1. The minimum atomic E-state index is -3.45. The van der Waals surface area contributed by atoms with E-state index in [1.54, 1.807) is 18.2 Å². The number of rotatable bonds is 5. The molecule has 1 saturated heterocycles. The molecule has 7 heteroatoms. The first-order chi connectivity index (χ1) is 10.3. The Kier molecular flexibility index (Phi) is 5.20. The van der Waals surface area contributed by atoms with Crippen molar-refractivity contribution in [1.82, 2.24) is 9.21 Å². The Labute approximate surface area is 131 Å². The van der Waals surface area contributed by atoms with E-state index in [1.165, 1.54) is 18.4 Å². The Balaban J connectivity index is 2.21. The molecule has 2 rings (SSSR count). The smallest absolute Gasteiger partial charge is 0.242 e. The fourth-order valence-corrected chi connectivity index (χ4v) is 3.72. The van der Waals surface area contributed by atoms with Gasteiger partial charge in [0.15, 0.2) is 0 Å². The number of primary amides is 1. The first-order valence-corrected chi connectivity index (χ1v) is 8.81. The fourth-order valence-electron chi connectivity index (χ4n) is 2.75. The average molecular weight is 325 g/mol. The van der Waals surface area contributed by atoms with Gasteiger partial charge in [-0.1, -0.05) is 18.6 Å². The third-order valence-corrected chi connectivity index (χ3v) is 5.82. The molecule has 1 unspecified atom stereocenters. The normalized spacial score (nSPS) is 20.2. The monoisotopic (exact) mass is 325 g/mol. The Morgan fingerprint density at radius 3 is 2.73 bits per heavy atom. The summed E-state index contributed by atoms with van der Waals surface area (Å²) in [6, 6.07) is 6.60. The molecule has 1 atom stereocenters. The molecule has 1 fully saturated rings. The van der Waals surface area contributed by atoms with Crippen LogP contribution in [0.15, 0.2) is 29.2 Å². The second-order valence-electron chi connectivity index (χ2n) is 5.82. The molecule has 1 amide bonds. The zero-order valence-electron chi connectivity index (χ0n) is 13.0. The number of piperidine rings is 1. The van der Waals surface area contributed by atoms with Gasteiger partial charge in [-0.2, -0.15) is 0 Å². The lowest BCUT2D eigenvalue weighted by atomic mass is 10.0. The van der Waals surface area contributed by atoms with E-state index < -0.39 is 10.0 Å². The zero-order chi connectivity index (χ0) is 16.3. The molecule has 6 nitrogen and oxygen atoms in total. The van der Waals surface area contributed by atoms with E-state index in [2.05, 4.69) is 0 Å². The average Bonchev–Trinajstić information content (AvgIpc) is 2.47. The van der Waals surface area contributed by atoms with Gasteiger partial charge in [0.2, 0.25) is 15.9 Å². The lowest BCUT2D eigenvalue weighted by Gasteiger charge is -2.33. The third kappa shape index (κ3) is 3.66. The van der Waals surface area contributed by atoms with E-state index in [4.69, 9.17) is 5.73 Å². The van der Waals surface area contributed by atoms with E-state index in [0.717, 1.165) is 31.4 Å². The Morgan fingerprint density at radius 2 is 2.09 bits per heavy atom. The van der Waals surface area contributed by atoms with Crippen LogP contribution >= 0.6 is 0 Å². The highest BCUT2D eigenvalue weighted by atomic mass is 32.2. The molecule has 0 bridgehead atoms. The van der Waals surface area contributed by atoms with Crippen molar-refractivity contribution < 1.29 is 13.2 Å². The second kappa shape index (κ2) is 6.76.